The van der Waals surface area contributed by atoms with Crippen LogP contribution in [0.4, 0.5) is 0 Å². The van der Waals surface area contributed by atoms with Crippen LogP contribution in [0.2, 0.25) is 0 Å². The van der Waals surface area contributed by atoms with Gasteiger partial charge in [-0.1, -0.05) is 32.1 Å². The molecule has 2 heteroatoms. The maximum atomic E-state index is 10.4. The lowest BCUT2D eigenvalue weighted by molar-refractivity contribution is 0.348. The monoisotopic (exact) mass is 168 g/mol. The van der Waals surface area contributed by atoms with Crippen molar-refractivity contribution in [3.63, 3.8) is 0 Å². The van der Waals surface area contributed by atoms with E-state index in [9.17, 15) is 4.79 Å². The summed E-state index contributed by atoms with van der Waals surface area (Å²) in [4.78, 5) is 12.2. The Kier molecular flexibility index (Phi) is 4.81. The number of hydrogen-bond acceptors (Lipinski definition) is 1. The van der Waals surface area contributed by atoms with Gasteiger partial charge in [0.1, 0.15) is 0 Å². The SMILES string of the molecule is O=[C]N1CCCCCCCCC1. The summed E-state index contributed by atoms with van der Waals surface area (Å²) in [6.45, 7) is 1.84. The minimum Gasteiger partial charge on any atom is -0.334 e. The zero-order valence-electron chi connectivity index (χ0n) is 7.72. The Morgan fingerprint density at radius 1 is 0.750 bits per heavy atom. The van der Waals surface area contributed by atoms with Crippen molar-refractivity contribution >= 4 is 6.41 Å². The van der Waals surface area contributed by atoms with Gasteiger partial charge in [0.05, 0.1) is 0 Å². The van der Waals surface area contributed by atoms with Crippen molar-refractivity contribution < 1.29 is 4.79 Å². The predicted octanol–water partition coefficient (Wildman–Crippen LogP) is 2.10. The summed E-state index contributed by atoms with van der Waals surface area (Å²) in [5.74, 6) is 0. The third-order valence-corrected chi connectivity index (χ3v) is 2.49. The molecule has 0 atom stereocenters. The van der Waals surface area contributed by atoms with Gasteiger partial charge in [0.15, 0.2) is 0 Å². The zero-order chi connectivity index (χ0) is 8.65. The molecule has 0 saturated carbocycles. The van der Waals surface area contributed by atoms with Crippen LogP contribution in [0.15, 0.2) is 0 Å². The van der Waals surface area contributed by atoms with E-state index in [1.54, 1.807) is 4.90 Å². The average Bonchev–Trinajstić information content (AvgIpc) is 2.14. The molecule has 0 spiro atoms. The van der Waals surface area contributed by atoms with Crippen molar-refractivity contribution in [2.75, 3.05) is 13.1 Å². The maximum absolute atomic E-state index is 10.4. The average molecular weight is 168 g/mol. The lowest BCUT2D eigenvalue weighted by atomic mass is 10.1. The van der Waals surface area contributed by atoms with Crippen molar-refractivity contribution in [3.8, 4) is 0 Å². The first-order chi connectivity index (χ1) is 5.93. The van der Waals surface area contributed by atoms with Crippen molar-refractivity contribution in [2.45, 2.75) is 44.9 Å². The second kappa shape index (κ2) is 6.04. The normalized spacial score (nSPS) is 21.8. The molecule has 1 aliphatic heterocycles. The number of rotatable bonds is 1. The highest BCUT2D eigenvalue weighted by molar-refractivity contribution is 5.47. The minimum absolute atomic E-state index is 0.920. The quantitative estimate of drug-likeness (QED) is 0.587. The van der Waals surface area contributed by atoms with Gasteiger partial charge >= 0.3 is 6.41 Å². The Morgan fingerprint density at radius 2 is 1.17 bits per heavy atom. The van der Waals surface area contributed by atoms with Gasteiger partial charge in [-0.25, -0.2) is 0 Å². The Balaban J connectivity index is 2.21. The van der Waals surface area contributed by atoms with E-state index >= 15 is 0 Å². The van der Waals surface area contributed by atoms with Gasteiger partial charge in [0.25, 0.3) is 0 Å². The first-order valence-corrected chi connectivity index (χ1v) is 5.06. The maximum Gasteiger partial charge on any atom is 0.312 e. The number of amides is 1. The minimum atomic E-state index is 0.920. The van der Waals surface area contributed by atoms with Gasteiger partial charge in [0.2, 0.25) is 0 Å². The highest BCUT2D eigenvalue weighted by Gasteiger charge is 2.03. The van der Waals surface area contributed by atoms with E-state index in [4.69, 9.17) is 0 Å². The summed E-state index contributed by atoms with van der Waals surface area (Å²) >= 11 is 0. The Morgan fingerprint density at radius 3 is 1.58 bits per heavy atom. The molecule has 69 valence electrons. The van der Waals surface area contributed by atoms with Gasteiger partial charge in [-0.3, -0.25) is 4.79 Å². The molecule has 0 aromatic heterocycles. The fraction of sp³-hybridized carbons (Fsp3) is 0.900. The topological polar surface area (TPSA) is 20.3 Å². The van der Waals surface area contributed by atoms with Crippen LogP contribution < -0.4 is 0 Å². The van der Waals surface area contributed by atoms with Crippen LogP contribution >= 0.6 is 0 Å². The van der Waals surface area contributed by atoms with Crippen molar-refractivity contribution in [2.24, 2.45) is 0 Å². The molecule has 1 rings (SSSR count). The van der Waals surface area contributed by atoms with Crippen molar-refractivity contribution in [3.05, 3.63) is 0 Å². The molecule has 0 aromatic carbocycles. The fourth-order valence-electron chi connectivity index (χ4n) is 1.69. The standard InChI is InChI=1S/C10H18NO/c12-10-11-8-6-4-2-1-3-5-7-9-11/h1-9H2. The molecule has 12 heavy (non-hydrogen) atoms. The Hall–Kier alpha value is -0.530. The molecule has 1 fully saturated rings. The summed E-state index contributed by atoms with van der Waals surface area (Å²) in [5, 5.41) is 0. The summed E-state index contributed by atoms with van der Waals surface area (Å²) in [7, 11) is 0. The van der Waals surface area contributed by atoms with Crippen LogP contribution in [0.5, 0.6) is 0 Å². The number of hydrogen-bond donors (Lipinski definition) is 0. The smallest absolute Gasteiger partial charge is 0.312 e. The fourth-order valence-corrected chi connectivity index (χ4v) is 1.69. The summed E-state index contributed by atoms with van der Waals surface area (Å²) < 4.78 is 0. The molecule has 0 bridgehead atoms. The van der Waals surface area contributed by atoms with Gasteiger partial charge in [0, 0.05) is 13.1 Å². The highest BCUT2D eigenvalue weighted by atomic mass is 16.1. The van der Waals surface area contributed by atoms with E-state index in [0.29, 0.717) is 0 Å². The van der Waals surface area contributed by atoms with E-state index in [1.807, 2.05) is 6.41 Å². The third-order valence-electron chi connectivity index (χ3n) is 2.49. The highest BCUT2D eigenvalue weighted by Crippen LogP contribution is 2.10. The lowest BCUT2D eigenvalue weighted by Gasteiger charge is -2.17. The Bertz CT molecular complexity index is 115. The van der Waals surface area contributed by atoms with E-state index in [0.717, 1.165) is 25.9 Å². The second-order valence-electron chi connectivity index (χ2n) is 3.55. The lowest BCUT2D eigenvalue weighted by Crippen LogP contribution is -2.24. The van der Waals surface area contributed by atoms with Crippen LogP contribution in [-0.4, -0.2) is 24.4 Å². The molecular weight excluding hydrogens is 150 g/mol. The molecule has 0 unspecified atom stereocenters. The molecule has 1 heterocycles. The molecule has 1 amide bonds. The Labute approximate surface area is 74.9 Å². The molecule has 0 aromatic rings. The van der Waals surface area contributed by atoms with Crippen molar-refractivity contribution in [1.29, 1.82) is 0 Å². The van der Waals surface area contributed by atoms with Gasteiger partial charge < -0.3 is 4.90 Å². The molecule has 1 saturated heterocycles. The molecule has 2 nitrogen and oxygen atoms in total. The molecule has 1 radical (unpaired) electrons. The first kappa shape index (κ1) is 9.56. The van der Waals surface area contributed by atoms with E-state index < -0.39 is 0 Å². The van der Waals surface area contributed by atoms with Gasteiger partial charge in [-0.2, -0.15) is 0 Å². The van der Waals surface area contributed by atoms with E-state index in [2.05, 4.69) is 0 Å². The zero-order valence-corrected chi connectivity index (χ0v) is 7.72. The van der Waals surface area contributed by atoms with E-state index in [-0.39, 0.29) is 0 Å². The van der Waals surface area contributed by atoms with Gasteiger partial charge in [-0.15, -0.1) is 0 Å². The van der Waals surface area contributed by atoms with Crippen LogP contribution in [0, 0.1) is 0 Å². The molecule has 0 N–H and O–H groups in total. The predicted molar refractivity (Wildman–Crippen MR) is 49.6 cm³/mol. The molecule has 0 aliphatic carbocycles. The summed E-state index contributed by atoms with van der Waals surface area (Å²) in [6, 6.07) is 0. The van der Waals surface area contributed by atoms with Crippen LogP contribution in [0.3, 0.4) is 0 Å². The largest absolute Gasteiger partial charge is 0.334 e. The van der Waals surface area contributed by atoms with Gasteiger partial charge in [-0.05, 0) is 12.8 Å². The number of nitrogens with zero attached hydrogens (tertiary/aromatic N) is 1. The van der Waals surface area contributed by atoms with Crippen LogP contribution in [0.1, 0.15) is 44.9 Å². The van der Waals surface area contributed by atoms with Crippen LogP contribution in [0.25, 0.3) is 0 Å². The summed E-state index contributed by atoms with van der Waals surface area (Å²) in [5.41, 5.74) is 0. The van der Waals surface area contributed by atoms with Crippen molar-refractivity contribution in [1.82, 2.24) is 4.90 Å². The first-order valence-electron chi connectivity index (χ1n) is 5.06. The third kappa shape index (κ3) is 3.74. The van der Waals surface area contributed by atoms with Crippen LogP contribution in [-0.2, 0) is 4.79 Å². The molecular formula is C10H18NO. The van der Waals surface area contributed by atoms with E-state index in [1.165, 1.54) is 32.1 Å². The second-order valence-corrected chi connectivity index (χ2v) is 3.55. The summed E-state index contributed by atoms with van der Waals surface area (Å²) in [6.07, 6.45) is 10.9. The number of carbonyl (C=O) groups excluding carboxylic acids is 1. The molecule has 1 aliphatic rings.